The molecule has 0 aromatic carbocycles. The lowest BCUT2D eigenvalue weighted by Gasteiger charge is -2.16. The Morgan fingerprint density at radius 2 is 2.31 bits per heavy atom. The van der Waals surface area contributed by atoms with Crippen molar-refractivity contribution in [1.29, 1.82) is 0 Å². The largest absolute Gasteiger partial charge is 0.314 e. The van der Waals surface area contributed by atoms with Crippen LogP contribution in [0.5, 0.6) is 0 Å². The van der Waals surface area contributed by atoms with Crippen LogP contribution in [-0.2, 0) is 0 Å². The summed E-state index contributed by atoms with van der Waals surface area (Å²) < 4.78 is 0. The topological polar surface area (TPSA) is 12.0 Å². The maximum atomic E-state index is 3.81. The van der Waals surface area contributed by atoms with E-state index in [1.54, 1.807) is 0 Å². The highest BCUT2D eigenvalue weighted by molar-refractivity contribution is 4.81. The fraction of sp³-hybridized carbons (Fsp3) is 0.833. The minimum atomic E-state index is 0.693. The van der Waals surface area contributed by atoms with Crippen LogP contribution in [-0.4, -0.2) is 12.6 Å². The summed E-state index contributed by atoms with van der Waals surface area (Å²) in [6, 6.07) is 0.693. The molecule has 1 nitrogen and oxygen atoms in total. The highest BCUT2D eigenvalue weighted by Crippen LogP contribution is 2.34. The first-order valence-corrected chi connectivity index (χ1v) is 5.71. The lowest BCUT2D eigenvalue weighted by atomic mass is 10.1. The molecule has 0 aromatic rings. The number of nitrogens with one attached hydrogen (secondary N) is 1. The van der Waals surface area contributed by atoms with E-state index in [0.29, 0.717) is 6.04 Å². The van der Waals surface area contributed by atoms with Crippen molar-refractivity contribution in [2.24, 2.45) is 5.92 Å². The van der Waals surface area contributed by atoms with Crippen molar-refractivity contribution < 1.29 is 0 Å². The molecule has 1 N–H and O–H groups in total. The lowest BCUT2D eigenvalue weighted by molar-refractivity contribution is 0.458. The highest BCUT2D eigenvalue weighted by atomic mass is 14.9. The van der Waals surface area contributed by atoms with Crippen LogP contribution in [0.2, 0.25) is 0 Å². The van der Waals surface area contributed by atoms with Gasteiger partial charge in [0.25, 0.3) is 0 Å². The molecule has 1 unspecified atom stereocenters. The second kappa shape index (κ2) is 6.20. The molecule has 0 spiro atoms. The Bertz CT molecular complexity index is 138. The van der Waals surface area contributed by atoms with E-state index in [-0.39, 0.29) is 0 Å². The maximum absolute atomic E-state index is 3.81. The van der Waals surface area contributed by atoms with Gasteiger partial charge >= 0.3 is 0 Å². The van der Waals surface area contributed by atoms with E-state index in [4.69, 9.17) is 0 Å². The van der Waals surface area contributed by atoms with Crippen LogP contribution < -0.4 is 5.32 Å². The molecule has 76 valence electrons. The molecule has 1 heteroatoms. The Labute approximate surface area is 82.6 Å². The van der Waals surface area contributed by atoms with Gasteiger partial charge in [-0.05, 0) is 38.1 Å². The van der Waals surface area contributed by atoms with Crippen molar-refractivity contribution in [1.82, 2.24) is 5.32 Å². The first-order chi connectivity index (χ1) is 6.36. The molecular formula is C12H23N. The van der Waals surface area contributed by atoms with Crippen molar-refractivity contribution >= 4 is 0 Å². The van der Waals surface area contributed by atoms with Gasteiger partial charge in [-0.15, -0.1) is 6.58 Å². The number of hydrogen-bond donors (Lipinski definition) is 1. The van der Waals surface area contributed by atoms with Crippen LogP contribution in [0.15, 0.2) is 12.7 Å². The Hall–Kier alpha value is -0.300. The molecule has 0 amide bonds. The van der Waals surface area contributed by atoms with E-state index < -0.39 is 0 Å². The maximum Gasteiger partial charge on any atom is 0.0102 e. The normalized spacial score (nSPS) is 18.5. The predicted molar refractivity (Wildman–Crippen MR) is 58.9 cm³/mol. The molecule has 1 atom stereocenters. The molecule has 0 radical (unpaired) electrons. The van der Waals surface area contributed by atoms with Crippen LogP contribution in [0.25, 0.3) is 0 Å². The minimum Gasteiger partial charge on any atom is -0.314 e. The monoisotopic (exact) mass is 181 g/mol. The summed E-state index contributed by atoms with van der Waals surface area (Å²) in [6.07, 6.45) is 10.1. The van der Waals surface area contributed by atoms with Crippen LogP contribution in [0.1, 0.15) is 45.4 Å². The Morgan fingerprint density at radius 1 is 1.54 bits per heavy atom. The van der Waals surface area contributed by atoms with Crippen molar-refractivity contribution in [3.8, 4) is 0 Å². The van der Waals surface area contributed by atoms with Crippen molar-refractivity contribution in [3.63, 3.8) is 0 Å². The Balaban J connectivity index is 2.07. The molecule has 1 fully saturated rings. The molecule has 13 heavy (non-hydrogen) atoms. The first-order valence-electron chi connectivity index (χ1n) is 5.71. The van der Waals surface area contributed by atoms with E-state index in [2.05, 4.69) is 18.8 Å². The zero-order valence-electron chi connectivity index (χ0n) is 8.89. The number of hydrogen-bond acceptors (Lipinski definition) is 1. The second-order valence-corrected chi connectivity index (χ2v) is 4.20. The first kappa shape index (κ1) is 10.8. The summed E-state index contributed by atoms with van der Waals surface area (Å²) in [6.45, 7) is 7.19. The summed E-state index contributed by atoms with van der Waals surface area (Å²) in [5, 5.41) is 3.58. The molecule has 0 aromatic heterocycles. The van der Waals surface area contributed by atoms with E-state index in [1.165, 1.54) is 32.1 Å². The molecule has 1 rings (SSSR count). The van der Waals surface area contributed by atoms with Gasteiger partial charge in [-0.3, -0.25) is 0 Å². The summed E-state index contributed by atoms with van der Waals surface area (Å²) in [7, 11) is 0. The van der Waals surface area contributed by atoms with E-state index in [9.17, 15) is 0 Å². The van der Waals surface area contributed by atoms with E-state index >= 15 is 0 Å². The molecule has 0 heterocycles. The predicted octanol–water partition coefficient (Wildman–Crippen LogP) is 3.12. The average molecular weight is 181 g/mol. The van der Waals surface area contributed by atoms with Crippen molar-refractivity contribution in [2.75, 3.05) is 6.54 Å². The standard InChI is InChI=1S/C12H23N/c1-3-5-12(13-10-4-2)9-8-11-6-7-11/h3,11-13H,1,4-10H2,2H3. The highest BCUT2D eigenvalue weighted by Gasteiger charge is 2.21. The lowest BCUT2D eigenvalue weighted by Crippen LogP contribution is -2.29. The molecule has 0 aliphatic heterocycles. The Morgan fingerprint density at radius 3 is 2.85 bits per heavy atom. The van der Waals surface area contributed by atoms with Gasteiger partial charge in [-0.25, -0.2) is 0 Å². The third-order valence-electron chi connectivity index (χ3n) is 2.75. The minimum absolute atomic E-state index is 0.693. The Kier molecular flexibility index (Phi) is 5.14. The molecule has 0 bridgehead atoms. The summed E-state index contributed by atoms with van der Waals surface area (Å²) in [4.78, 5) is 0. The zero-order valence-corrected chi connectivity index (χ0v) is 8.89. The third kappa shape index (κ3) is 5.09. The quantitative estimate of drug-likeness (QED) is 0.567. The fourth-order valence-corrected chi connectivity index (χ4v) is 1.70. The van der Waals surface area contributed by atoms with Gasteiger partial charge in [0, 0.05) is 6.04 Å². The zero-order chi connectivity index (χ0) is 9.52. The van der Waals surface area contributed by atoms with Gasteiger partial charge in [-0.2, -0.15) is 0 Å². The molecule has 1 saturated carbocycles. The molecule has 1 aliphatic rings. The van der Waals surface area contributed by atoms with Gasteiger partial charge in [-0.1, -0.05) is 25.8 Å². The SMILES string of the molecule is C=CCC(CCC1CC1)NCCC. The fourth-order valence-electron chi connectivity index (χ4n) is 1.70. The summed E-state index contributed by atoms with van der Waals surface area (Å²) in [5.74, 6) is 1.07. The number of rotatable bonds is 8. The van der Waals surface area contributed by atoms with Crippen LogP contribution in [0, 0.1) is 5.92 Å². The van der Waals surface area contributed by atoms with Gasteiger partial charge in [0.05, 0.1) is 0 Å². The van der Waals surface area contributed by atoms with Crippen LogP contribution >= 0.6 is 0 Å². The van der Waals surface area contributed by atoms with Crippen LogP contribution in [0.4, 0.5) is 0 Å². The van der Waals surface area contributed by atoms with Crippen LogP contribution in [0.3, 0.4) is 0 Å². The van der Waals surface area contributed by atoms with Crippen molar-refractivity contribution in [3.05, 3.63) is 12.7 Å². The van der Waals surface area contributed by atoms with Gasteiger partial charge in [0.15, 0.2) is 0 Å². The van der Waals surface area contributed by atoms with Gasteiger partial charge in [0.1, 0.15) is 0 Å². The van der Waals surface area contributed by atoms with Gasteiger partial charge in [0.2, 0.25) is 0 Å². The van der Waals surface area contributed by atoms with Gasteiger partial charge < -0.3 is 5.32 Å². The second-order valence-electron chi connectivity index (χ2n) is 4.20. The smallest absolute Gasteiger partial charge is 0.0102 e. The van der Waals surface area contributed by atoms with Crippen molar-refractivity contribution in [2.45, 2.75) is 51.5 Å². The molecular weight excluding hydrogens is 158 g/mol. The summed E-state index contributed by atoms with van der Waals surface area (Å²) in [5.41, 5.74) is 0. The van der Waals surface area contributed by atoms with E-state index in [0.717, 1.165) is 18.9 Å². The molecule has 0 saturated heterocycles. The average Bonchev–Trinajstić information content (AvgIpc) is 2.93. The molecule has 1 aliphatic carbocycles. The van der Waals surface area contributed by atoms with E-state index in [1.807, 2.05) is 6.08 Å². The summed E-state index contributed by atoms with van der Waals surface area (Å²) >= 11 is 0. The third-order valence-corrected chi connectivity index (χ3v) is 2.75.